The molecule has 1 amide bonds. The lowest BCUT2D eigenvalue weighted by molar-refractivity contribution is -0.126. The number of nitrogens with two attached hydrogens (primary N) is 1. The van der Waals surface area contributed by atoms with E-state index in [0.717, 1.165) is 42.7 Å². The molecule has 0 bridgehead atoms. The SMILES string of the molecule is CC(NC(=O)C1CCCC(N)C1)c1ccc2c(c1)OCCO2.Cl. The summed E-state index contributed by atoms with van der Waals surface area (Å²) in [5.74, 6) is 1.68. The number of amides is 1. The van der Waals surface area contributed by atoms with Crippen LogP contribution in [0.25, 0.3) is 0 Å². The Labute approximate surface area is 143 Å². The van der Waals surface area contributed by atoms with Crippen molar-refractivity contribution in [1.82, 2.24) is 5.32 Å². The number of nitrogens with one attached hydrogen (secondary N) is 1. The van der Waals surface area contributed by atoms with Gasteiger partial charge in [-0.2, -0.15) is 0 Å². The summed E-state index contributed by atoms with van der Waals surface area (Å²) < 4.78 is 11.1. The zero-order valence-corrected chi connectivity index (χ0v) is 14.2. The maximum atomic E-state index is 12.4. The molecule has 3 unspecified atom stereocenters. The Morgan fingerprint density at radius 2 is 2.00 bits per heavy atom. The zero-order chi connectivity index (χ0) is 15.5. The molecule has 1 aliphatic carbocycles. The summed E-state index contributed by atoms with van der Waals surface area (Å²) in [6.45, 7) is 3.14. The molecule has 1 heterocycles. The van der Waals surface area contributed by atoms with E-state index in [1.807, 2.05) is 25.1 Å². The lowest BCUT2D eigenvalue weighted by Gasteiger charge is -2.27. The molecule has 0 saturated heterocycles. The maximum Gasteiger partial charge on any atom is 0.223 e. The third-order valence-corrected chi connectivity index (χ3v) is 4.51. The Balaban J connectivity index is 0.00000192. The molecule has 1 saturated carbocycles. The normalized spacial score (nSPS) is 24.3. The van der Waals surface area contributed by atoms with Gasteiger partial charge in [0.2, 0.25) is 5.91 Å². The van der Waals surface area contributed by atoms with Crippen LogP contribution in [0.3, 0.4) is 0 Å². The van der Waals surface area contributed by atoms with Gasteiger partial charge < -0.3 is 20.5 Å². The number of fused-ring (bicyclic) bond motifs is 1. The first-order chi connectivity index (χ1) is 10.6. The fourth-order valence-electron chi connectivity index (χ4n) is 3.21. The van der Waals surface area contributed by atoms with Crippen molar-refractivity contribution in [1.29, 1.82) is 0 Å². The van der Waals surface area contributed by atoms with E-state index >= 15 is 0 Å². The molecule has 0 aromatic heterocycles. The van der Waals surface area contributed by atoms with E-state index in [0.29, 0.717) is 13.2 Å². The second-order valence-electron chi connectivity index (χ2n) is 6.26. The number of halogens is 1. The lowest BCUT2D eigenvalue weighted by atomic mass is 9.85. The number of hydrogen-bond acceptors (Lipinski definition) is 4. The quantitative estimate of drug-likeness (QED) is 0.887. The van der Waals surface area contributed by atoms with Crippen LogP contribution in [0.5, 0.6) is 11.5 Å². The highest BCUT2D eigenvalue weighted by Gasteiger charge is 2.26. The monoisotopic (exact) mass is 340 g/mol. The van der Waals surface area contributed by atoms with Crippen molar-refractivity contribution in [2.45, 2.75) is 44.7 Å². The minimum Gasteiger partial charge on any atom is -0.486 e. The highest BCUT2D eigenvalue weighted by Crippen LogP contribution is 2.33. The smallest absolute Gasteiger partial charge is 0.223 e. The third kappa shape index (κ3) is 4.30. The van der Waals surface area contributed by atoms with Crippen molar-refractivity contribution in [3.8, 4) is 11.5 Å². The van der Waals surface area contributed by atoms with Crippen LogP contribution >= 0.6 is 12.4 Å². The summed E-state index contributed by atoms with van der Waals surface area (Å²) in [5.41, 5.74) is 7.00. The Kier molecular flexibility index (Phi) is 6.13. The summed E-state index contributed by atoms with van der Waals surface area (Å²) in [7, 11) is 0. The average Bonchev–Trinajstić information content (AvgIpc) is 2.54. The molecule has 1 aliphatic heterocycles. The fourth-order valence-corrected chi connectivity index (χ4v) is 3.21. The van der Waals surface area contributed by atoms with Crippen molar-refractivity contribution in [2.24, 2.45) is 11.7 Å². The summed E-state index contributed by atoms with van der Waals surface area (Å²) >= 11 is 0. The second-order valence-corrected chi connectivity index (χ2v) is 6.26. The van der Waals surface area contributed by atoms with Crippen LogP contribution in [0.15, 0.2) is 18.2 Å². The maximum absolute atomic E-state index is 12.4. The summed E-state index contributed by atoms with van der Waals surface area (Å²) in [6.07, 6.45) is 3.80. The van der Waals surface area contributed by atoms with Gasteiger partial charge in [0.15, 0.2) is 11.5 Å². The van der Waals surface area contributed by atoms with Crippen LogP contribution < -0.4 is 20.5 Å². The number of benzene rings is 1. The molecule has 0 radical (unpaired) electrons. The third-order valence-electron chi connectivity index (χ3n) is 4.51. The van der Waals surface area contributed by atoms with Crippen molar-refractivity contribution < 1.29 is 14.3 Å². The predicted molar refractivity (Wildman–Crippen MR) is 91.2 cm³/mol. The summed E-state index contributed by atoms with van der Waals surface area (Å²) in [4.78, 5) is 12.4. The standard InChI is InChI=1S/C17H24N2O3.ClH/c1-11(19-17(20)13-3-2-4-14(18)9-13)12-5-6-15-16(10-12)22-8-7-21-15;/h5-6,10-11,13-14H,2-4,7-9,18H2,1H3,(H,19,20);1H. The molecule has 23 heavy (non-hydrogen) atoms. The Morgan fingerprint density at radius 3 is 2.74 bits per heavy atom. The van der Waals surface area contributed by atoms with Gasteiger partial charge in [-0.05, 0) is 43.9 Å². The molecule has 6 heteroatoms. The van der Waals surface area contributed by atoms with Gasteiger partial charge in [-0.3, -0.25) is 4.79 Å². The van der Waals surface area contributed by atoms with Gasteiger partial charge in [-0.25, -0.2) is 0 Å². The molecule has 2 aliphatic rings. The van der Waals surface area contributed by atoms with Crippen LogP contribution in [-0.2, 0) is 4.79 Å². The highest BCUT2D eigenvalue weighted by atomic mass is 35.5. The largest absolute Gasteiger partial charge is 0.486 e. The van der Waals surface area contributed by atoms with Gasteiger partial charge in [0.25, 0.3) is 0 Å². The van der Waals surface area contributed by atoms with Crippen molar-refractivity contribution >= 4 is 18.3 Å². The number of carbonyl (C=O) groups is 1. The van der Waals surface area contributed by atoms with Crippen LogP contribution in [0.4, 0.5) is 0 Å². The molecule has 5 nitrogen and oxygen atoms in total. The van der Waals surface area contributed by atoms with Gasteiger partial charge in [0.05, 0.1) is 6.04 Å². The van der Waals surface area contributed by atoms with Crippen LogP contribution in [-0.4, -0.2) is 25.2 Å². The molecule has 3 N–H and O–H groups in total. The number of ether oxygens (including phenoxy) is 2. The first-order valence-electron chi connectivity index (χ1n) is 8.09. The first-order valence-corrected chi connectivity index (χ1v) is 8.09. The van der Waals surface area contributed by atoms with Crippen LogP contribution in [0.2, 0.25) is 0 Å². The molecular weight excluding hydrogens is 316 g/mol. The van der Waals surface area contributed by atoms with E-state index in [4.69, 9.17) is 15.2 Å². The van der Waals surface area contributed by atoms with Crippen molar-refractivity contribution in [3.63, 3.8) is 0 Å². The number of carbonyl (C=O) groups excluding carboxylic acids is 1. The lowest BCUT2D eigenvalue weighted by Crippen LogP contribution is -2.38. The molecule has 1 fully saturated rings. The van der Waals surface area contributed by atoms with Gasteiger partial charge in [0, 0.05) is 12.0 Å². The van der Waals surface area contributed by atoms with E-state index in [-0.39, 0.29) is 36.3 Å². The molecule has 1 aromatic rings. The topological polar surface area (TPSA) is 73.6 Å². The second kappa shape index (κ2) is 7.88. The summed E-state index contributed by atoms with van der Waals surface area (Å²) in [6, 6.07) is 5.94. The van der Waals surface area contributed by atoms with E-state index in [1.54, 1.807) is 0 Å². The van der Waals surface area contributed by atoms with E-state index in [2.05, 4.69) is 5.32 Å². The van der Waals surface area contributed by atoms with Crippen LogP contribution in [0.1, 0.15) is 44.2 Å². The minimum absolute atomic E-state index is 0. The predicted octanol–water partition coefficient (Wildman–Crippen LogP) is 2.57. The Bertz CT molecular complexity index is 553. The Morgan fingerprint density at radius 1 is 1.26 bits per heavy atom. The van der Waals surface area contributed by atoms with E-state index in [1.165, 1.54) is 0 Å². The average molecular weight is 341 g/mol. The van der Waals surface area contributed by atoms with Gasteiger partial charge >= 0.3 is 0 Å². The number of hydrogen-bond donors (Lipinski definition) is 2. The van der Waals surface area contributed by atoms with Gasteiger partial charge in [-0.1, -0.05) is 12.5 Å². The molecule has 128 valence electrons. The summed E-state index contributed by atoms with van der Waals surface area (Å²) in [5, 5.41) is 3.10. The Hall–Kier alpha value is -1.46. The number of rotatable bonds is 3. The van der Waals surface area contributed by atoms with Gasteiger partial charge in [-0.15, -0.1) is 12.4 Å². The molecule has 3 atom stereocenters. The molecular formula is C17H25ClN2O3. The molecule has 3 rings (SSSR count). The van der Waals surface area contributed by atoms with Gasteiger partial charge in [0.1, 0.15) is 13.2 Å². The molecule has 0 spiro atoms. The van der Waals surface area contributed by atoms with E-state index < -0.39 is 0 Å². The zero-order valence-electron chi connectivity index (χ0n) is 13.4. The highest BCUT2D eigenvalue weighted by molar-refractivity contribution is 5.85. The van der Waals surface area contributed by atoms with Crippen molar-refractivity contribution in [2.75, 3.05) is 13.2 Å². The van der Waals surface area contributed by atoms with E-state index in [9.17, 15) is 4.79 Å². The van der Waals surface area contributed by atoms with Crippen molar-refractivity contribution in [3.05, 3.63) is 23.8 Å². The fraction of sp³-hybridized carbons (Fsp3) is 0.588. The van der Waals surface area contributed by atoms with Crippen LogP contribution in [0, 0.1) is 5.92 Å². The minimum atomic E-state index is -0.0542. The molecule has 1 aromatic carbocycles. The first kappa shape index (κ1) is 17.9.